The van der Waals surface area contributed by atoms with Gasteiger partial charge in [0.25, 0.3) is 0 Å². The van der Waals surface area contributed by atoms with Gasteiger partial charge in [0.1, 0.15) is 0 Å². The second kappa shape index (κ2) is 3.67. The third-order valence-electron chi connectivity index (χ3n) is 3.43. The van der Waals surface area contributed by atoms with Crippen LogP contribution >= 0.6 is 0 Å². The van der Waals surface area contributed by atoms with Crippen molar-refractivity contribution in [1.82, 2.24) is 4.90 Å². The highest BCUT2D eigenvalue weighted by atomic mass is 16.5. The molecule has 0 saturated heterocycles. The summed E-state index contributed by atoms with van der Waals surface area (Å²) in [5.41, 5.74) is 6.10. The molecule has 15 heavy (non-hydrogen) atoms. The van der Waals surface area contributed by atoms with E-state index >= 15 is 0 Å². The molecule has 1 aliphatic heterocycles. The average molecular weight is 211 g/mol. The first kappa shape index (κ1) is 10.7. The minimum Gasteiger partial charge on any atom is -0.378 e. The molecule has 1 fully saturated rings. The monoisotopic (exact) mass is 211 g/mol. The second-order valence-corrected chi connectivity index (χ2v) is 4.85. The lowest BCUT2D eigenvalue weighted by atomic mass is 9.73. The van der Waals surface area contributed by atoms with Gasteiger partial charge < -0.3 is 15.4 Å². The Labute approximate surface area is 91.5 Å². The molecule has 86 valence electrons. The van der Waals surface area contributed by atoms with Crippen molar-refractivity contribution >= 4 is 5.96 Å². The first-order valence-corrected chi connectivity index (χ1v) is 5.80. The van der Waals surface area contributed by atoms with Crippen LogP contribution in [0.2, 0.25) is 0 Å². The van der Waals surface area contributed by atoms with Gasteiger partial charge in [-0.2, -0.15) is 0 Å². The summed E-state index contributed by atoms with van der Waals surface area (Å²) in [6, 6.07) is 0.429. The molecule has 1 aliphatic carbocycles. The van der Waals surface area contributed by atoms with Crippen LogP contribution in [0.3, 0.4) is 0 Å². The van der Waals surface area contributed by atoms with E-state index in [-0.39, 0.29) is 5.54 Å². The fourth-order valence-corrected chi connectivity index (χ4v) is 2.90. The zero-order chi connectivity index (χ0) is 11.1. The van der Waals surface area contributed by atoms with E-state index in [1.807, 2.05) is 6.92 Å². The van der Waals surface area contributed by atoms with Crippen LogP contribution in [0, 0.1) is 0 Å². The molecule has 2 aliphatic rings. The summed E-state index contributed by atoms with van der Waals surface area (Å²) in [6.45, 7) is 8.04. The van der Waals surface area contributed by atoms with Crippen LogP contribution < -0.4 is 5.73 Å². The van der Waals surface area contributed by atoms with Gasteiger partial charge >= 0.3 is 0 Å². The first-order valence-electron chi connectivity index (χ1n) is 5.80. The number of guanidine groups is 1. The predicted octanol–water partition coefficient (Wildman–Crippen LogP) is 0.963. The Morgan fingerprint density at radius 3 is 2.80 bits per heavy atom. The number of nitrogens with zero attached hydrogens (tertiary/aromatic N) is 2. The van der Waals surface area contributed by atoms with Gasteiger partial charge in [0.05, 0.1) is 18.2 Å². The van der Waals surface area contributed by atoms with Gasteiger partial charge in [0.15, 0.2) is 5.96 Å². The van der Waals surface area contributed by atoms with Crippen molar-refractivity contribution in [3.8, 4) is 0 Å². The van der Waals surface area contributed by atoms with E-state index in [2.05, 4.69) is 23.7 Å². The molecule has 2 rings (SSSR count). The van der Waals surface area contributed by atoms with E-state index in [0.717, 1.165) is 26.0 Å². The first-order chi connectivity index (χ1) is 7.09. The zero-order valence-electron chi connectivity index (χ0n) is 9.86. The summed E-state index contributed by atoms with van der Waals surface area (Å²) >= 11 is 0. The number of hydrogen-bond acceptors (Lipinski definition) is 4. The van der Waals surface area contributed by atoms with Crippen molar-refractivity contribution in [1.29, 1.82) is 0 Å². The highest BCUT2D eigenvalue weighted by Gasteiger charge is 2.53. The lowest BCUT2D eigenvalue weighted by Gasteiger charge is -2.52. The Bertz CT molecular complexity index is 269. The third-order valence-corrected chi connectivity index (χ3v) is 3.43. The van der Waals surface area contributed by atoms with Crippen LogP contribution in [0.5, 0.6) is 0 Å². The third kappa shape index (κ3) is 1.61. The number of nitrogens with two attached hydrogens (primary N) is 1. The van der Waals surface area contributed by atoms with Gasteiger partial charge in [-0.25, -0.2) is 0 Å². The zero-order valence-corrected chi connectivity index (χ0v) is 9.86. The maximum Gasteiger partial charge on any atom is 0.192 e. The van der Waals surface area contributed by atoms with Crippen molar-refractivity contribution in [2.24, 2.45) is 10.7 Å². The molecule has 1 heterocycles. The Hall–Kier alpha value is -0.770. The van der Waals surface area contributed by atoms with Crippen LogP contribution in [0.25, 0.3) is 0 Å². The summed E-state index contributed by atoms with van der Waals surface area (Å²) in [7, 11) is 0. The molecule has 0 radical (unpaired) electrons. The molecule has 0 amide bonds. The molecule has 4 nitrogen and oxygen atoms in total. The molecule has 1 saturated carbocycles. The largest absolute Gasteiger partial charge is 0.378 e. The minimum absolute atomic E-state index is 0.179. The van der Waals surface area contributed by atoms with E-state index < -0.39 is 0 Å². The number of ether oxygens (including phenoxy) is 1. The SMILES string of the molecule is CCOC1CC2(CN=C(N)N2C(C)C)C1. The summed E-state index contributed by atoms with van der Waals surface area (Å²) < 4.78 is 5.61. The van der Waals surface area contributed by atoms with Gasteiger partial charge in [-0.05, 0) is 33.6 Å². The molecular weight excluding hydrogens is 190 g/mol. The molecule has 0 aromatic heterocycles. The van der Waals surface area contributed by atoms with Gasteiger partial charge in [0.2, 0.25) is 0 Å². The van der Waals surface area contributed by atoms with Gasteiger partial charge in [-0.15, -0.1) is 0 Å². The molecule has 0 aromatic rings. The van der Waals surface area contributed by atoms with E-state index in [1.54, 1.807) is 0 Å². The molecule has 2 N–H and O–H groups in total. The minimum atomic E-state index is 0.179. The van der Waals surface area contributed by atoms with Crippen molar-refractivity contribution in [2.75, 3.05) is 13.2 Å². The Kier molecular flexibility index (Phi) is 2.63. The number of aliphatic imine (C=N–C) groups is 1. The van der Waals surface area contributed by atoms with Crippen LogP contribution in [-0.2, 0) is 4.74 Å². The fraction of sp³-hybridized carbons (Fsp3) is 0.909. The highest BCUT2D eigenvalue weighted by Crippen LogP contribution is 2.43. The molecule has 0 atom stereocenters. The predicted molar refractivity (Wildman–Crippen MR) is 60.8 cm³/mol. The van der Waals surface area contributed by atoms with E-state index in [4.69, 9.17) is 10.5 Å². The molecule has 0 aromatic carbocycles. The van der Waals surface area contributed by atoms with Crippen molar-refractivity contribution < 1.29 is 4.74 Å². The standard InChI is InChI=1S/C11H21N3O/c1-4-15-9-5-11(6-9)7-13-10(12)14(11)8(2)3/h8-9H,4-7H2,1-3H3,(H2,12,13). The maximum absolute atomic E-state index is 5.92. The molecule has 1 spiro atoms. The summed E-state index contributed by atoms with van der Waals surface area (Å²) in [6.07, 6.45) is 2.56. The van der Waals surface area contributed by atoms with E-state index in [9.17, 15) is 0 Å². The normalized spacial score (nSPS) is 34.8. The van der Waals surface area contributed by atoms with E-state index in [1.165, 1.54) is 0 Å². The Morgan fingerprint density at radius 1 is 1.60 bits per heavy atom. The summed E-state index contributed by atoms with van der Waals surface area (Å²) in [5.74, 6) is 0.708. The highest BCUT2D eigenvalue weighted by molar-refractivity contribution is 5.81. The Morgan fingerprint density at radius 2 is 2.27 bits per heavy atom. The topological polar surface area (TPSA) is 50.9 Å². The second-order valence-electron chi connectivity index (χ2n) is 4.85. The lowest BCUT2D eigenvalue weighted by molar-refractivity contribution is -0.0792. The summed E-state index contributed by atoms with van der Waals surface area (Å²) in [4.78, 5) is 6.64. The lowest BCUT2D eigenvalue weighted by Crippen LogP contribution is -2.63. The van der Waals surface area contributed by atoms with E-state index in [0.29, 0.717) is 18.1 Å². The van der Waals surface area contributed by atoms with Gasteiger partial charge in [-0.1, -0.05) is 0 Å². The Balaban J connectivity index is 2.00. The fourth-order valence-electron chi connectivity index (χ4n) is 2.90. The molecule has 0 bridgehead atoms. The molecule has 4 heteroatoms. The van der Waals surface area contributed by atoms with Crippen LogP contribution in [-0.4, -0.2) is 41.7 Å². The van der Waals surface area contributed by atoms with Gasteiger partial charge in [0, 0.05) is 12.6 Å². The van der Waals surface area contributed by atoms with Crippen LogP contribution in [0.15, 0.2) is 4.99 Å². The van der Waals surface area contributed by atoms with Crippen molar-refractivity contribution in [3.63, 3.8) is 0 Å². The quantitative estimate of drug-likeness (QED) is 0.756. The maximum atomic E-state index is 5.92. The van der Waals surface area contributed by atoms with Crippen LogP contribution in [0.1, 0.15) is 33.6 Å². The van der Waals surface area contributed by atoms with Crippen LogP contribution in [0.4, 0.5) is 0 Å². The summed E-state index contributed by atoms with van der Waals surface area (Å²) in [5, 5.41) is 0. The number of rotatable bonds is 3. The van der Waals surface area contributed by atoms with Crippen molar-refractivity contribution in [2.45, 2.75) is 51.3 Å². The van der Waals surface area contributed by atoms with Crippen molar-refractivity contribution in [3.05, 3.63) is 0 Å². The average Bonchev–Trinajstić information content (AvgIpc) is 2.43. The molecule has 0 unspecified atom stereocenters. The smallest absolute Gasteiger partial charge is 0.192 e. The number of hydrogen-bond donors (Lipinski definition) is 1. The molecular formula is C11H21N3O. The van der Waals surface area contributed by atoms with Gasteiger partial charge in [-0.3, -0.25) is 4.99 Å².